The van der Waals surface area contributed by atoms with Crippen molar-refractivity contribution in [3.05, 3.63) is 18.0 Å². The minimum atomic E-state index is 0.199. The third kappa shape index (κ3) is 2.71. The smallest absolute Gasteiger partial charge is 0.136 e. The van der Waals surface area contributed by atoms with Crippen LogP contribution in [0.4, 0.5) is 0 Å². The molecule has 0 radical (unpaired) electrons. The highest BCUT2D eigenvalue weighted by Gasteiger charge is 2.28. The lowest BCUT2D eigenvalue weighted by molar-refractivity contribution is -0.125. The average molecular weight is 221 g/mol. The van der Waals surface area contributed by atoms with Crippen molar-refractivity contribution >= 4 is 5.78 Å². The van der Waals surface area contributed by atoms with Crippen LogP contribution in [0.3, 0.4) is 0 Å². The van der Waals surface area contributed by atoms with E-state index in [9.17, 15) is 4.79 Å². The van der Waals surface area contributed by atoms with E-state index in [2.05, 4.69) is 12.1 Å². The van der Waals surface area contributed by atoms with E-state index in [1.807, 2.05) is 0 Å². The summed E-state index contributed by atoms with van der Waals surface area (Å²) in [4.78, 5) is 11.8. The second-order valence-electron chi connectivity index (χ2n) is 4.83. The highest BCUT2D eigenvalue weighted by atomic mass is 16.5. The first-order chi connectivity index (χ1) is 7.79. The molecular formula is C13H19NO2. The Morgan fingerprint density at radius 1 is 1.56 bits per heavy atom. The van der Waals surface area contributed by atoms with Gasteiger partial charge in [-0.2, -0.15) is 0 Å². The van der Waals surface area contributed by atoms with E-state index in [4.69, 9.17) is 4.52 Å². The standard InChI is InChI=1S/C13H19NO2/c1-2-3-10-4-5-13(15)12(6-10)7-11-8-14-16-9-11/h8-10,12H,2-7H2,1H3. The summed E-state index contributed by atoms with van der Waals surface area (Å²) in [7, 11) is 0. The molecule has 16 heavy (non-hydrogen) atoms. The van der Waals surface area contributed by atoms with E-state index in [0.717, 1.165) is 37.2 Å². The monoisotopic (exact) mass is 221 g/mol. The maximum absolute atomic E-state index is 11.8. The lowest BCUT2D eigenvalue weighted by Gasteiger charge is -2.27. The van der Waals surface area contributed by atoms with Gasteiger partial charge < -0.3 is 4.52 Å². The zero-order valence-corrected chi connectivity index (χ0v) is 9.82. The molecule has 0 N–H and O–H groups in total. The van der Waals surface area contributed by atoms with Gasteiger partial charge in [0.25, 0.3) is 0 Å². The molecule has 0 saturated heterocycles. The lowest BCUT2D eigenvalue weighted by Crippen LogP contribution is -2.26. The van der Waals surface area contributed by atoms with Crippen LogP contribution in [-0.2, 0) is 11.2 Å². The van der Waals surface area contributed by atoms with Crippen molar-refractivity contribution in [3.8, 4) is 0 Å². The number of ketones is 1. The summed E-state index contributed by atoms with van der Waals surface area (Å²) >= 11 is 0. The van der Waals surface area contributed by atoms with E-state index < -0.39 is 0 Å². The molecule has 0 aromatic carbocycles. The molecule has 3 heteroatoms. The number of rotatable bonds is 4. The molecule has 1 saturated carbocycles. The van der Waals surface area contributed by atoms with Gasteiger partial charge in [0.2, 0.25) is 0 Å². The van der Waals surface area contributed by atoms with Gasteiger partial charge in [0, 0.05) is 17.9 Å². The van der Waals surface area contributed by atoms with Crippen molar-refractivity contribution < 1.29 is 9.32 Å². The Labute approximate surface area is 96.2 Å². The summed E-state index contributed by atoms with van der Waals surface area (Å²) in [6.07, 6.45) is 9.56. The van der Waals surface area contributed by atoms with Crippen LogP contribution in [0.1, 0.15) is 44.6 Å². The largest absolute Gasteiger partial charge is 0.364 e. The van der Waals surface area contributed by atoms with Gasteiger partial charge in [-0.05, 0) is 25.2 Å². The van der Waals surface area contributed by atoms with Crippen molar-refractivity contribution in [3.63, 3.8) is 0 Å². The SMILES string of the molecule is CCCC1CCC(=O)C(Cc2cnoc2)C1. The van der Waals surface area contributed by atoms with Crippen LogP contribution in [0.15, 0.2) is 17.0 Å². The van der Waals surface area contributed by atoms with Gasteiger partial charge in [0.15, 0.2) is 0 Å². The van der Waals surface area contributed by atoms with Crippen molar-refractivity contribution in [1.29, 1.82) is 0 Å². The molecule has 88 valence electrons. The minimum absolute atomic E-state index is 0.199. The maximum Gasteiger partial charge on any atom is 0.136 e. The molecule has 1 aromatic rings. The molecule has 0 amide bonds. The fraction of sp³-hybridized carbons (Fsp3) is 0.692. The molecule has 1 aromatic heterocycles. The van der Waals surface area contributed by atoms with E-state index >= 15 is 0 Å². The Morgan fingerprint density at radius 2 is 2.44 bits per heavy atom. The Hall–Kier alpha value is -1.12. The molecule has 1 aliphatic rings. The molecule has 3 nitrogen and oxygen atoms in total. The van der Waals surface area contributed by atoms with Crippen LogP contribution in [0.2, 0.25) is 0 Å². The van der Waals surface area contributed by atoms with E-state index in [-0.39, 0.29) is 5.92 Å². The summed E-state index contributed by atoms with van der Waals surface area (Å²) in [6, 6.07) is 0. The third-order valence-electron chi connectivity index (χ3n) is 3.53. The molecule has 0 bridgehead atoms. The maximum atomic E-state index is 11.8. The quantitative estimate of drug-likeness (QED) is 0.785. The Bertz CT molecular complexity index is 332. The van der Waals surface area contributed by atoms with Crippen LogP contribution < -0.4 is 0 Å². The molecule has 2 rings (SSSR count). The molecule has 1 aliphatic carbocycles. The van der Waals surface area contributed by atoms with Gasteiger partial charge in [0.05, 0.1) is 6.20 Å². The molecule has 2 atom stereocenters. The normalized spacial score (nSPS) is 25.9. The molecule has 0 spiro atoms. The van der Waals surface area contributed by atoms with Gasteiger partial charge in [-0.25, -0.2) is 0 Å². The predicted molar refractivity (Wildman–Crippen MR) is 61.0 cm³/mol. The number of aromatic nitrogens is 1. The average Bonchev–Trinajstić information content (AvgIpc) is 2.76. The second-order valence-corrected chi connectivity index (χ2v) is 4.83. The molecule has 1 heterocycles. The Kier molecular flexibility index (Phi) is 3.75. The van der Waals surface area contributed by atoms with Gasteiger partial charge in [-0.1, -0.05) is 24.9 Å². The second kappa shape index (κ2) is 5.28. The van der Waals surface area contributed by atoms with Crippen LogP contribution in [-0.4, -0.2) is 10.9 Å². The third-order valence-corrected chi connectivity index (χ3v) is 3.53. The van der Waals surface area contributed by atoms with Crippen LogP contribution >= 0.6 is 0 Å². The zero-order chi connectivity index (χ0) is 11.4. The van der Waals surface area contributed by atoms with Crippen molar-refractivity contribution in [2.24, 2.45) is 11.8 Å². The highest BCUT2D eigenvalue weighted by Crippen LogP contribution is 2.31. The van der Waals surface area contributed by atoms with E-state index in [0.29, 0.717) is 5.78 Å². The van der Waals surface area contributed by atoms with Crippen molar-refractivity contribution in [1.82, 2.24) is 5.16 Å². The summed E-state index contributed by atoms with van der Waals surface area (Å²) < 4.78 is 4.80. The molecule has 1 fully saturated rings. The molecular weight excluding hydrogens is 202 g/mol. The summed E-state index contributed by atoms with van der Waals surface area (Å²) in [5, 5.41) is 3.68. The highest BCUT2D eigenvalue weighted by molar-refractivity contribution is 5.82. The molecule has 2 unspecified atom stereocenters. The number of carbonyl (C=O) groups is 1. The fourth-order valence-electron chi connectivity index (χ4n) is 2.68. The molecule has 0 aliphatic heterocycles. The van der Waals surface area contributed by atoms with E-state index in [1.165, 1.54) is 12.8 Å². The fourth-order valence-corrected chi connectivity index (χ4v) is 2.68. The minimum Gasteiger partial charge on any atom is -0.364 e. The topological polar surface area (TPSA) is 43.1 Å². The number of Topliss-reactive ketones (excluding diaryl/α,β-unsaturated/α-hetero) is 1. The first-order valence-electron chi connectivity index (χ1n) is 6.20. The number of hydrogen-bond donors (Lipinski definition) is 0. The van der Waals surface area contributed by atoms with Gasteiger partial charge in [0.1, 0.15) is 12.0 Å². The van der Waals surface area contributed by atoms with Gasteiger partial charge in [-0.3, -0.25) is 4.79 Å². The summed E-state index contributed by atoms with van der Waals surface area (Å²) in [5.74, 6) is 1.37. The van der Waals surface area contributed by atoms with Gasteiger partial charge in [-0.15, -0.1) is 0 Å². The predicted octanol–water partition coefficient (Wildman–Crippen LogP) is 3.00. The summed E-state index contributed by atoms with van der Waals surface area (Å²) in [5.41, 5.74) is 1.05. The lowest BCUT2D eigenvalue weighted by atomic mass is 9.76. The Morgan fingerprint density at radius 3 is 3.12 bits per heavy atom. The van der Waals surface area contributed by atoms with E-state index in [1.54, 1.807) is 12.5 Å². The Balaban J connectivity index is 1.93. The first-order valence-corrected chi connectivity index (χ1v) is 6.20. The number of hydrogen-bond acceptors (Lipinski definition) is 3. The van der Waals surface area contributed by atoms with Crippen LogP contribution in [0.25, 0.3) is 0 Å². The van der Waals surface area contributed by atoms with Crippen molar-refractivity contribution in [2.75, 3.05) is 0 Å². The van der Waals surface area contributed by atoms with Gasteiger partial charge >= 0.3 is 0 Å². The summed E-state index contributed by atoms with van der Waals surface area (Å²) in [6.45, 7) is 2.21. The zero-order valence-electron chi connectivity index (χ0n) is 9.82. The van der Waals surface area contributed by atoms with Crippen molar-refractivity contribution in [2.45, 2.75) is 45.4 Å². The number of nitrogens with zero attached hydrogens (tertiary/aromatic N) is 1. The first kappa shape index (κ1) is 11.4. The van der Waals surface area contributed by atoms with Crippen LogP contribution in [0, 0.1) is 11.8 Å². The van der Waals surface area contributed by atoms with Crippen LogP contribution in [0.5, 0.6) is 0 Å². The number of carbonyl (C=O) groups excluding carboxylic acids is 1.